The lowest BCUT2D eigenvalue weighted by molar-refractivity contribution is 0.107. The van der Waals surface area contributed by atoms with E-state index in [4.69, 9.17) is 5.73 Å². The zero-order valence-corrected chi connectivity index (χ0v) is 12.5. The van der Waals surface area contributed by atoms with Crippen LogP contribution in [0.15, 0.2) is 12.3 Å². The lowest BCUT2D eigenvalue weighted by Gasteiger charge is -2.40. The summed E-state index contributed by atoms with van der Waals surface area (Å²) in [6, 6.07) is 2.73. The molecule has 2 N–H and O–H groups in total. The van der Waals surface area contributed by atoms with Crippen LogP contribution in [0.2, 0.25) is 0 Å². The normalized spacial score (nSPS) is 25.1. The van der Waals surface area contributed by atoms with Gasteiger partial charge in [-0.05, 0) is 37.8 Å². The van der Waals surface area contributed by atoms with Gasteiger partial charge in [-0.2, -0.15) is 5.10 Å². The molecule has 0 bridgehead atoms. The van der Waals surface area contributed by atoms with E-state index in [1.165, 1.54) is 12.1 Å². The lowest BCUT2D eigenvalue weighted by atomic mass is 9.93. The van der Waals surface area contributed by atoms with Crippen molar-refractivity contribution in [2.24, 2.45) is 11.7 Å². The predicted octanol–water partition coefficient (Wildman–Crippen LogP) is 2.41. The number of hydrogen-bond acceptors (Lipinski definition) is 3. The zero-order valence-electron chi connectivity index (χ0n) is 12.5. The second kappa shape index (κ2) is 6.53. The molecular weight excluding hydrogens is 236 g/mol. The number of nitrogens with two attached hydrogens (primary N) is 1. The van der Waals surface area contributed by atoms with Gasteiger partial charge in [0.15, 0.2) is 0 Å². The summed E-state index contributed by atoms with van der Waals surface area (Å²) >= 11 is 0. The number of hydrogen-bond donors (Lipinski definition) is 1. The van der Waals surface area contributed by atoms with E-state index in [0.717, 1.165) is 32.5 Å². The van der Waals surface area contributed by atoms with Crippen LogP contribution >= 0.6 is 0 Å². The molecule has 1 aliphatic rings. The van der Waals surface area contributed by atoms with Gasteiger partial charge in [0, 0.05) is 25.3 Å². The van der Waals surface area contributed by atoms with Crippen LogP contribution in [0.3, 0.4) is 0 Å². The minimum absolute atomic E-state index is 0.236. The number of piperidine rings is 1. The minimum atomic E-state index is 0.236. The molecule has 1 aromatic rings. The van der Waals surface area contributed by atoms with E-state index >= 15 is 0 Å². The first-order chi connectivity index (χ1) is 9.13. The van der Waals surface area contributed by atoms with Crippen molar-refractivity contribution in [3.63, 3.8) is 0 Å². The summed E-state index contributed by atoms with van der Waals surface area (Å²) in [5, 5.41) is 4.46. The molecule has 1 fully saturated rings. The van der Waals surface area contributed by atoms with Crippen LogP contribution in [0.25, 0.3) is 0 Å². The summed E-state index contributed by atoms with van der Waals surface area (Å²) in [6.07, 6.45) is 5.36. The highest BCUT2D eigenvalue weighted by Crippen LogP contribution is 2.30. The van der Waals surface area contributed by atoms with Crippen molar-refractivity contribution in [1.82, 2.24) is 14.7 Å². The smallest absolute Gasteiger partial charge is 0.0670 e. The van der Waals surface area contributed by atoms with Crippen LogP contribution in [-0.4, -0.2) is 33.8 Å². The third kappa shape index (κ3) is 3.37. The summed E-state index contributed by atoms with van der Waals surface area (Å²) in [4.78, 5) is 2.56. The molecule has 19 heavy (non-hydrogen) atoms. The van der Waals surface area contributed by atoms with Crippen LogP contribution in [0.5, 0.6) is 0 Å². The molecule has 4 nitrogen and oxygen atoms in total. The SMILES string of the molecule is CCCn1nccc1C1C(N)CCCN1CC(C)C. The monoisotopic (exact) mass is 264 g/mol. The Morgan fingerprint density at radius 1 is 1.47 bits per heavy atom. The van der Waals surface area contributed by atoms with E-state index in [1.54, 1.807) is 0 Å². The first-order valence-corrected chi connectivity index (χ1v) is 7.64. The van der Waals surface area contributed by atoms with E-state index in [9.17, 15) is 0 Å². The quantitative estimate of drug-likeness (QED) is 0.888. The maximum absolute atomic E-state index is 6.42. The van der Waals surface area contributed by atoms with Gasteiger partial charge >= 0.3 is 0 Å². The molecule has 0 aliphatic carbocycles. The molecule has 108 valence electrons. The summed E-state index contributed by atoms with van der Waals surface area (Å²) in [7, 11) is 0. The summed E-state index contributed by atoms with van der Waals surface area (Å²) < 4.78 is 2.14. The predicted molar refractivity (Wildman–Crippen MR) is 78.9 cm³/mol. The Labute approximate surface area is 117 Å². The van der Waals surface area contributed by atoms with Crippen molar-refractivity contribution in [2.75, 3.05) is 13.1 Å². The first-order valence-electron chi connectivity index (χ1n) is 7.64. The summed E-state index contributed by atoms with van der Waals surface area (Å²) in [6.45, 7) is 10.0. The Bertz CT molecular complexity index is 385. The first kappa shape index (κ1) is 14.5. The van der Waals surface area contributed by atoms with Crippen molar-refractivity contribution in [3.8, 4) is 0 Å². The number of aryl methyl sites for hydroxylation is 1. The molecule has 1 saturated heterocycles. The van der Waals surface area contributed by atoms with Crippen LogP contribution in [-0.2, 0) is 6.54 Å². The van der Waals surface area contributed by atoms with Crippen LogP contribution in [0.1, 0.15) is 51.8 Å². The van der Waals surface area contributed by atoms with Crippen molar-refractivity contribution >= 4 is 0 Å². The van der Waals surface area contributed by atoms with Crippen LogP contribution in [0.4, 0.5) is 0 Å². The maximum atomic E-state index is 6.42. The highest BCUT2D eigenvalue weighted by Gasteiger charge is 2.32. The number of likely N-dealkylation sites (tertiary alicyclic amines) is 1. The van der Waals surface area contributed by atoms with E-state index in [-0.39, 0.29) is 6.04 Å². The van der Waals surface area contributed by atoms with Gasteiger partial charge in [-0.15, -0.1) is 0 Å². The summed E-state index contributed by atoms with van der Waals surface area (Å²) in [5.41, 5.74) is 7.72. The van der Waals surface area contributed by atoms with Gasteiger partial charge in [0.05, 0.1) is 11.7 Å². The van der Waals surface area contributed by atoms with E-state index in [2.05, 4.69) is 41.5 Å². The molecule has 2 rings (SSSR count). The average molecular weight is 264 g/mol. The van der Waals surface area contributed by atoms with Gasteiger partial charge in [0.1, 0.15) is 0 Å². The highest BCUT2D eigenvalue weighted by molar-refractivity contribution is 5.12. The molecule has 4 heteroatoms. The topological polar surface area (TPSA) is 47.1 Å². The molecule has 0 radical (unpaired) electrons. The molecule has 2 atom stereocenters. The molecule has 2 heterocycles. The molecule has 1 aliphatic heterocycles. The Morgan fingerprint density at radius 2 is 2.26 bits per heavy atom. The number of rotatable bonds is 5. The number of aromatic nitrogens is 2. The fourth-order valence-electron chi connectivity index (χ4n) is 3.17. The number of nitrogens with zero attached hydrogens (tertiary/aromatic N) is 3. The van der Waals surface area contributed by atoms with Crippen molar-refractivity contribution in [2.45, 2.75) is 58.7 Å². The van der Waals surface area contributed by atoms with Gasteiger partial charge in [-0.25, -0.2) is 0 Å². The second-order valence-electron chi connectivity index (χ2n) is 6.12. The Balaban J connectivity index is 2.22. The van der Waals surface area contributed by atoms with E-state index in [1.807, 2.05) is 6.20 Å². The Morgan fingerprint density at radius 3 is 2.95 bits per heavy atom. The van der Waals surface area contributed by atoms with Crippen LogP contribution in [0, 0.1) is 5.92 Å². The molecule has 0 amide bonds. The minimum Gasteiger partial charge on any atom is -0.326 e. The van der Waals surface area contributed by atoms with Crippen molar-refractivity contribution in [1.29, 1.82) is 0 Å². The second-order valence-corrected chi connectivity index (χ2v) is 6.12. The third-order valence-electron chi connectivity index (χ3n) is 3.87. The Kier molecular flexibility index (Phi) is 4.99. The highest BCUT2D eigenvalue weighted by atomic mass is 15.3. The lowest BCUT2D eigenvalue weighted by Crippen LogP contribution is -2.47. The molecular formula is C15H28N4. The van der Waals surface area contributed by atoms with Gasteiger partial charge in [0.2, 0.25) is 0 Å². The van der Waals surface area contributed by atoms with Gasteiger partial charge in [-0.1, -0.05) is 20.8 Å². The van der Waals surface area contributed by atoms with E-state index < -0.39 is 0 Å². The largest absolute Gasteiger partial charge is 0.326 e. The van der Waals surface area contributed by atoms with Crippen molar-refractivity contribution in [3.05, 3.63) is 18.0 Å². The van der Waals surface area contributed by atoms with Gasteiger partial charge in [-0.3, -0.25) is 9.58 Å². The van der Waals surface area contributed by atoms with Gasteiger partial charge < -0.3 is 5.73 Å². The zero-order chi connectivity index (χ0) is 13.8. The molecule has 0 saturated carbocycles. The standard InChI is InChI=1S/C15H28N4/c1-4-9-19-14(7-8-17-19)15-13(16)6-5-10-18(15)11-12(2)3/h7-8,12-13,15H,4-6,9-11,16H2,1-3H3. The molecule has 2 unspecified atom stereocenters. The molecule has 0 aromatic carbocycles. The molecule has 1 aromatic heterocycles. The van der Waals surface area contributed by atoms with E-state index in [0.29, 0.717) is 12.0 Å². The third-order valence-corrected chi connectivity index (χ3v) is 3.87. The van der Waals surface area contributed by atoms with Gasteiger partial charge in [0.25, 0.3) is 0 Å². The maximum Gasteiger partial charge on any atom is 0.0670 e. The van der Waals surface area contributed by atoms with Crippen molar-refractivity contribution < 1.29 is 0 Å². The fraction of sp³-hybridized carbons (Fsp3) is 0.800. The summed E-state index contributed by atoms with van der Waals surface area (Å²) in [5.74, 6) is 0.676. The average Bonchev–Trinajstić information content (AvgIpc) is 2.77. The Hall–Kier alpha value is -0.870. The fourth-order valence-corrected chi connectivity index (χ4v) is 3.17. The van der Waals surface area contributed by atoms with Crippen LogP contribution < -0.4 is 5.73 Å². The molecule has 0 spiro atoms.